The van der Waals surface area contributed by atoms with Crippen LogP contribution in [-0.2, 0) is 4.79 Å². The number of amides is 3. The Balaban J connectivity index is 1.45. The largest absolute Gasteiger partial charge is 0.493 e. The number of nitrogens with zero attached hydrogens (tertiary/aromatic N) is 1. The lowest BCUT2D eigenvalue weighted by atomic mass is 9.97. The van der Waals surface area contributed by atoms with Gasteiger partial charge in [-0.2, -0.15) is 0 Å². The Kier molecular flexibility index (Phi) is 8.02. The fourth-order valence-corrected chi connectivity index (χ4v) is 3.57. The van der Waals surface area contributed by atoms with Crippen molar-refractivity contribution in [2.24, 2.45) is 5.92 Å². The molecule has 2 aromatic rings. The fraction of sp³-hybridized carbons (Fsp3) is 0.391. The number of urea groups is 1. The Labute approximate surface area is 187 Å². The molecule has 1 aromatic heterocycles. The quantitative estimate of drug-likeness (QED) is 0.607. The van der Waals surface area contributed by atoms with Gasteiger partial charge in [0.2, 0.25) is 11.7 Å². The molecule has 3 rings (SSSR count). The first-order chi connectivity index (χ1) is 15.5. The molecule has 3 amide bonds. The summed E-state index contributed by atoms with van der Waals surface area (Å²) >= 11 is 0. The SMILES string of the molecule is COc1cc(NC(=O)NCC2CCN(C(=O)C=Cc3ccco3)CC2)cc(OC)c1OC. The fourth-order valence-electron chi connectivity index (χ4n) is 3.57. The maximum atomic E-state index is 12.4. The highest BCUT2D eigenvalue weighted by atomic mass is 16.5. The Morgan fingerprint density at radius 2 is 1.81 bits per heavy atom. The van der Waals surface area contributed by atoms with Crippen molar-refractivity contribution >= 4 is 23.7 Å². The summed E-state index contributed by atoms with van der Waals surface area (Å²) in [5, 5.41) is 5.69. The Hall–Kier alpha value is -3.62. The molecule has 32 heavy (non-hydrogen) atoms. The third kappa shape index (κ3) is 5.96. The number of carbonyl (C=O) groups excluding carboxylic acids is 2. The predicted molar refractivity (Wildman–Crippen MR) is 120 cm³/mol. The van der Waals surface area contributed by atoms with Gasteiger partial charge in [0.25, 0.3) is 0 Å². The first-order valence-electron chi connectivity index (χ1n) is 10.4. The summed E-state index contributed by atoms with van der Waals surface area (Å²) < 4.78 is 21.1. The van der Waals surface area contributed by atoms with Crippen molar-refractivity contribution in [2.75, 3.05) is 46.3 Å². The number of nitrogens with one attached hydrogen (secondary N) is 2. The van der Waals surface area contributed by atoms with E-state index in [9.17, 15) is 9.59 Å². The van der Waals surface area contributed by atoms with E-state index in [4.69, 9.17) is 18.6 Å². The molecule has 9 heteroatoms. The summed E-state index contributed by atoms with van der Waals surface area (Å²) in [5.41, 5.74) is 0.528. The number of carbonyl (C=O) groups is 2. The summed E-state index contributed by atoms with van der Waals surface area (Å²) in [4.78, 5) is 26.5. The molecule has 1 aromatic carbocycles. The summed E-state index contributed by atoms with van der Waals surface area (Å²) in [7, 11) is 4.56. The Morgan fingerprint density at radius 3 is 2.38 bits per heavy atom. The average molecular weight is 444 g/mol. The second-order valence-corrected chi connectivity index (χ2v) is 7.37. The average Bonchev–Trinajstić information content (AvgIpc) is 3.34. The highest BCUT2D eigenvalue weighted by Crippen LogP contribution is 2.39. The van der Waals surface area contributed by atoms with Crippen LogP contribution in [0.25, 0.3) is 6.08 Å². The van der Waals surface area contributed by atoms with Crippen LogP contribution in [0.2, 0.25) is 0 Å². The van der Waals surface area contributed by atoms with Gasteiger partial charge in [-0.1, -0.05) is 0 Å². The molecule has 1 aliphatic rings. The normalized spacial score (nSPS) is 14.3. The molecule has 1 aliphatic heterocycles. The van der Waals surface area contributed by atoms with Gasteiger partial charge in [0.15, 0.2) is 11.5 Å². The van der Waals surface area contributed by atoms with E-state index in [0.29, 0.717) is 54.2 Å². The number of furan rings is 1. The van der Waals surface area contributed by atoms with Gasteiger partial charge in [-0.15, -0.1) is 0 Å². The molecule has 1 fully saturated rings. The highest BCUT2D eigenvalue weighted by Gasteiger charge is 2.22. The minimum absolute atomic E-state index is 0.0343. The molecule has 172 valence electrons. The van der Waals surface area contributed by atoms with E-state index in [-0.39, 0.29) is 11.9 Å². The van der Waals surface area contributed by atoms with Gasteiger partial charge >= 0.3 is 6.03 Å². The zero-order chi connectivity index (χ0) is 22.9. The molecule has 0 saturated carbocycles. The van der Waals surface area contributed by atoms with E-state index < -0.39 is 0 Å². The number of anilines is 1. The van der Waals surface area contributed by atoms with Crippen LogP contribution in [0.1, 0.15) is 18.6 Å². The second kappa shape index (κ2) is 11.1. The van der Waals surface area contributed by atoms with Gasteiger partial charge in [0.1, 0.15) is 5.76 Å². The van der Waals surface area contributed by atoms with Crippen LogP contribution in [0.15, 0.2) is 41.0 Å². The minimum Gasteiger partial charge on any atom is -0.493 e. The van der Waals surface area contributed by atoms with Gasteiger partial charge in [0.05, 0.1) is 33.3 Å². The van der Waals surface area contributed by atoms with Gasteiger partial charge in [-0.3, -0.25) is 4.79 Å². The van der Waals surface area contributed by atoms with Crippen LogP contribution < -0.4 is 24.8 Å². The number of hydrogen-bond acceptors (Lipinski definition) is 6. The molecule has 2 N–H and O–H groups in total. The van der Waals surface area contributed by atoms with Crippen LogP contribution >= 0.6 is 0 Å². The zero-order valence-electron chi connectivity index (χ0n) is 18.6. The van der Waals surface area contributed by atoms with E-state index in [1.54, 1.807) is 36.6 Å². The number of rotatable bonds is 8. The van der Waals surface area contributed by atoms with Crippen molar-refractivity contribution < 1.29 is 28.2 Å². The molecular formula is C23H29N3O6. The van der Waals surface area contributed by atoms with Crippen molar-refractivity contribution in [3.63, 3.8) is 0 Å². The summed E-state index contributed by atoms with van der Waals surface area (Å²) in [6.07, 6.45) is 6.42. The van der Waals surface area contributed by atoms with Crippen LogP contribution in [-0.4, -0.2) is 57.8 Å². The van der Waals surface area contributed by atoms with E-state index in [1.807, 2.05) is 4.90 Å². The molecule has 0 radical (unpaired) electrons. The number of likely N-dealkylation sites (tertiary alicyclic amines) is 1. The van der Waals surface area contributed by atoms with E-state index >= 15 is 0 Å². The van der Waals surface area contributed by atoms with Gasteiger partial charge in [-0.25, -0.2) is 4.79 Å². The third-order valence-corrected chi connectivity index (χ3v) is 5.33. The van der Waals surface area contributed by atoms with Crippen LogP contribution in [0.4, 0.5) is 10.5 Å². The lowest BCUT2D eigenvalue weighted by Gasteiger charge is -2.31. The molecule has 0 spiro atoms. The molecule has 1 saturated heterocycles. The van der Waals surface area contributed by atoms with Crippen LogP contribution in [0, 0.1) is 5.92 Å². The smallest absolute Gasteiger partial charge is 0.319 e. The third-order valence-electron chi connectivity index (χ3n) is 5.33. The van der Waals surface area contributed by atoms with Crippen LogP contribution in [0.3, 0.4) is 0 Å². The standard InChI is InChI=1S/C23H29N3O6/c1-29-19-13-17(14-20(30-2)22(19)31-3)25-23(28)24-15-16-8-10-26(11-9-16)21(27)7-6-18-5-4-12-32-18/h4-7,12-14,16H,8-11,15H2,1-3H3,(H2,24,25,28). The highest BCUT2D eigenvalue weighted by molar-refractivity contribution is 5.91. The summed E-state index contributed by atoms with van der Waals surface area (Å²) in [5.74, 6) is 2.30. The molecule has 0 bridgehead atoms. The van der Waals surface area contributed by atoms with E-state index in [2.05, 4.69) is 10.6 Å². The van der Waals surface area contributed by atoms with E-state index in [0.717, 1.165) is 12.8 Å². The molecule has 0 atom stereocenters. The maximum Gasteiger partial charge on any atom is 0.319 e. The minimum atomic E-state index is -0.320. The van der Waals surface area contributed by atoms with Crippen molar-refractivity contribution in [3.05, 3.63) is 42.4 Å². The molecular weight excluding hydrogens is 414 g/mol. The van der Waals surface area contributed by atoms with Gasteiger partial charge in [0, 0.05) is 37.8 Å². The first kappa shape index (κ1) is 23.1. The number of piperidine rings is 1. The lowest BCUT2D eigenvalue weighted by molar-refractivity contribution is -0.127. The molecule has 2 heterocycles. The van der Waals surface area contributed by atoms with E-state index in [1.165, 1.54) is 27.4 Å². The van der Waals surface area contributed by atoms with Crippen molar-refractivity contribution in [1.82, 2.24) is 10.2 Å². The maximum absolute atomic E-state index is 12.4. The van der Waals surface area contributed by atoms with Crippen molar-refractivity contribution in [2.45, 2.75) is 12.8 Å². The Morgan fingerprint density at radius 1 is 1.12 bits per heavy atom. The summed E-state index contributed by atoms with van der Waals surface area (Å²) in [6.45, 7) is 1.84. The number of hydrogen-bond donors (Lipinski definition) is 2. The van der Waals surface area contributed by atoms with Crippen LogP contribution in [0.5, 0.6) is 17.2 Å². The number of methoxy groups -OCH3 is 3. The van der Waals surface area contributed by atoms with Crippen molar-refractivity contribution in [3.8, 4) is 17.2 Å². The predicted octanol–water partition coefficient (Wildman–Crippen LogP) is 3.38. The molecule has 0 unspecified atom stereocenters. The molecule has 9 nitrogen and oxygen atoms in total. The van der Waals surface area contributed by atoms with Gasteiger partial charge < -0.3 is 34.2 Å². The Bertz CT molecular complexity index is 908. The monoisotopic (exact) mass is 443 g/mol. The lowest BCUT2D eigenvalue weighted by Crippen LogP contribution is -2.41. The first-order valence-corrected chi connectivity index (χ1v) is 10.4. The number of benzene rings is 1. The van der Waals surface area contributed by atoms with Crippen molar-refractivity contribution in [1.29, 1.82) is 0 Å². The number of ether oxygens (including phenoxy) is 3. The summed E-state index contributed by atoms with van der Waals surface area (Å²) in [6, 6.07) is 6.59. The molecule has 0 aliphatic carbocycles. The second-order valence-electron chi connectivity index (χ2n) is 7.37. The zero-order valence-corrected chi connectivity index (χ0v) is 18.6. The topological polar surface area (TPSA) is 102 Å². The van der Waals surface area contributed by atoms with Gasteiger partial charge in [-0.05, 0) is 37.0 Å².